The van der Waals surface area contributed by atoms with Gasteiger partial charge in [-0.15, -0.1) is 0 Å². The summed E-state index contributed by atoms with van der Waals surface area (Å²) in [5.41, 5.74) is 2.95. The Morgan fingerprint density at radius 2 is 2.00 bits per heavy atom. The molecule has 1 aromatic carbocycles. The number of hydrogen-bond acceptors (Lipinski definition) is 1. The van der Waals surface area contributed by atoms with Crippen molar-refractivity contribution in [3.8, 4) is 0 Å². The molecule has 2 rings (SSSR count). The Balaban J connectivity index is 2.63. The zero-order chi connectivity index (χ0) is 11.2. The van der Waals surface area contributed by atoms with E-state index in [2.05, 4.69) is 32.2 Å². The molecule has 2 nitrogen and oxygen atoms in total. The molecule has 1 heterocycles. The maximum atomic E-state index is 12.0. The highest BCUT2D eigenvalue weighted by Crippen LogP contribution is 2.42. The number of carbonyl (C=O) groups excluding carboxylic acids is 1. The summed E-state index contributed by atoms with van der Waals surface area (Å²) in [6.45, 7) is 8.27. The van der Waals surface area contributed by atoms with E-state index in [-0.39, 0.29) is 11.3 Å². The first kappa shape index (κ1) is 10.2. The molecule has 1 aliphatic heterocycles. The van der Waals surface area contributed by atoms with Crippen LogP contribution in [0.5, 0.6) is 0 Å². The van der Waals surface area contributed by atoms with Gasteiger partial charge in [0.2, 0.25) is 5.91 Å². The first-order valence-corrected chi connectivity index (χ1v) is 5.39. The van der Waals surface area contributed by atoms with Crippen molar-refractivity contribution in [2.75, 3.05) is 5.32 Å². The fourth-order valence-corrected chi connectivity index (χ4v) is 2.14. The summed E-state index contributed by atoms with van der Waals surface area (Å²) < 4.78 is 0. The van der Waals surface area contributed by atoms with Gasteiger partial charge in [0, 0.05) is 5.69 Å². The van der Waals surface area contributed by atoms with Crippen molar-refractivity contribution in [1.82, 2.24) is 0 Å². The van der Waals surface area contributed by atoms with Crippen molar-refractivity contribution in [2.45, 2.75) is 33.1 Å². The topological polar surface area (TPSA) is 29.1 Å². The highest BCUT2D eigenvalue weighted by Gasteiger charge is 2.44. The van der Waals surface area contributed by atoms with Crippen LogP contribution >= 0.6 is 0 Å². The van der Waals surface area contributed by atoms with Gasteiger partial charge in [0.1, 0.15) is 0 Å². The van der Waals surface area contributed by atoms with E-state index in [1.54, 1.807) is 0 Å². The van der Waals surface area contributed by atoms with Crippen LogP contribution < -0.4 is 5.32 Å². The average molecular weight is 203 g/mol. The largest absolute Gasteiger partial charge is 0.325 e. The normalized spacial score (nSPS) is 24.2. The van der Waals surface area contributed by atoms with Gasteiger partial charge in [0.25, 0.3) is 0 Å². The van der Waals surface area contributed by atoms with Crippen LogP contribution in [-0.2, 0) is 10.2 Å². The molecule has 0 fully saturated rings. The summed E-state index contributed by atoms with van der Waals surface area (Å²) in [7, 11) is 0. The maximum Gasteiger partial charge on any atom is 0.235 e. The van der Waals surface area contributed by atoms with Gasteiger partial charge in [0.15, 0.2) is 0 Å². The Morgan fingerprint density at radius 3 is 2.60 bits per heavy atom. The molecule has 0 bridgehead atoms. The SMILES string of the molecule is Cc1ccc2c(c1)[C@@](C)(C(C)C)C(=O)N2. The van der Waals surface area contributed by atoms with Crippen molar-refractivity contribution >= 4 is 11.6 Å². The fraction of sp³-hybridized carbons (Fsp3) is 0.462. The molecule has 1 amide bonds. The molecule has 1 aromatic rings. The second kappa shape index (κ2) is 3.09. The minimum atomic E-state index is -0.374. The zero-order valence-electron chi connectivity index (χ0n) is 9.72. The molecule has 1 atom stereocenters. The van der Waals surface area contributed by atoms with Gasteiger partial charge in [0.05, 0.1) is 5.41 Å². The van der Waals surface area contributed by atoms with Crippen LogP contribution in [0.15, 0.2) is 18.2 Å². The first-order chi connectivity index (χ1) is 6.96. The summed E-state index contributed by atoms with van der Waals surface area (Å²) in [6, 6.07) is 6.15. The average Bonchev–Trinajstić information content (AvgIpc) is 2.42. The molecule has 0 radical (unpaired) electrons. The lowest BCUT2D eigenvalue weighted by atomic mass is 9.74. The second-order valence-electron chi connectivity index (χ2n) is 4.86. The van der Waals surface area contributed by atoms with Crippen LogP contribution in [0.1, 0.15) is 31.9 Å². The minimum absolute atomic E-state index is 0.123. The highest BCUT2D eigenvalue weighted by molar-refractivity contribution is 6.06. The third kappa shape index (κ3) is 1.28. The molecule has 0 spiro atoms. The number of fused-ring (bicyclic) bond motifs is 1. The lowest BCUT2D eigenvalue weighted by molar-refractivity contribution is -0.121. The number of rotatable bonds is 1. The lowest BCUT2D eigenvalue weighted by Crippen LogP contribution is -2.36. The summed E-state index contributed by atoms with van der Waals surface area (Å²) in [4.78, 5) is 12.0. The van der Waals surface area contributed by atoms with Crippen molar-refractivity contribution < 1.29 is 4.79 Å². The first-order valence-electron chi connectivity index (χ1n) is 5.39. The van der Waals surface area contributed by atoms with Gasteiger partial charge in [-0.05, 0) is 31.4 Å². The van der Waals surface area contributed by atoms with Gasteiger partial charge in [-0.1, -0.05) is 31.5 Å². The van der Waals surface area contributed by atoms with Crippen LogP contribution in [0.25, 0.3) is 0 Å². The second-order valence-corrected chi connectivity index (χ2v) is 4.86. The van der Waals surface area contributed by atoms with E-state index in [9.17, 15) is 4.79 Å². The molecule has 0 aliphatic carbocycles. The smallest absolute Gasteiger partial charge is 0.235 e. The van der Waals surface area contributed by atoms with Crippen molar-refractivity contribution in [3.63, 3.8) is 0 Å². The molecule has 0 unspecified atom stereocenters. The molecular formula is C13H17NO. The molecule has 15 heavy (non-hydrogen) atoms. The van der Waals surface area contributed by atoms with Crippen molar-refractivity contribution in [2.24, 2.45) is 5.92 Å². The Morgan fingerprint density at radius 1 is 1.33 bits per heavy atom. The molecule has 0 saturated heterocycles. The fourth-order valence-electron chi connectivity index (χ4n) is 2.14. The summed E-state index contributed by atoms with van der Waals surface area (Å²) in [5.74, 6) is 0.429. The molecule has 2 heteroatoms. The Hall–Kier alpha value is -1.31. The number of carbonyl (C=O) groups is 1. The number of aryl methyl sites for hydroxylation is 1. The number of nitrogens with one attached hydrogen (secondary N) is 1. The number of amides is 1. The van der Waals surface area contributed by atoms with Crippen LogP contribution in [-0.4, -0.2) is 5.91 Å². The summed E-state index contributed by atoms with van der Waals surface area (Å²) in [5, 5.41) is 2.96. The van der Waals surface area contributed by atoms with Gasteiger partial charge in [-0.3, -0.25) is 4.79 Å². The predicted molar refractivity (Wildman–Crippen MR) is 62.0 cm³/mol. The summed E-state index contributed by atoms with van der Waals surface area (Å²) >= 11 is 0. The molecule has 1 aliphatic rings. The Bertz CT molecular complexity index is 423. The van der Waals surface area contributed by atoms with Crippen LogP contribution in [0.4, 0.5) is 5.69 Å². The molecule has 0 saturated carbocycles. The van der Waals surface area contributed by atoms with E-state index in [0.29, 0.717) is 5.92 Å². The zero-order valence-corrected chi connectivity index (χ0v) is 9.72. The maximum absolute atomic E-state index is 12.0. The molecule has 0 aromatic heterocycles. The summed E-state index contributed by atoms with van der Waals surface area (Å²) in [6.07, 6.45) is 0. The molecular weight excluding hydrogens is 186 g/mol. The van der Waals surface area contributed by atoms with Gasteiger partial charge in [-0.2, -0.15) is 0 Å². The quantitative estimate of drug-likeness (QED) is 0.747. The van der Waals surface area contributed by atoms with E-state index >= 15 is 0 Å². The van der Waals surface area contributed by atoms with Crippen molar-refractivity contribution in [3.05, 3.63) is 29.3 Å². The molecule has 80 valence electrons. The highest BCUT2D eigenvalue weighted by atomic mass is 16.2. The van der Waals surface area contributed by atoms with Crippen molar-refractivity contribution in [1.29, 1.82) is 0 Å². The van der Waals surface area contributed by atoms with Gasteiger partial charge in [-0.25, -0.2) is 0 Å². The van der Waals surface area contributed by atoms with E-state index < -0.39 is 0 Å². The monoisotopic (exact) mass is 203 g/mol. The number of benzene rings is 1. The standard InChI is InChI=1S/C13H17NO/c1-8(2)13(4)10-7-9(3)5-6-11(10)14-12(13)15/h5-8H,1-4H3,(H,14,15)/t13-/m1/s1. The van der Waals surface area contributed by atoms with Crippen LogP contribution in [0.2, 0.25) is 0 Å². The molecule has 1 N–H and O–H groups in total. The van der Waals surface area contributed by atoms with Gasteiger partial charge >= 0.3 is 0 Å². The predicted octanol–water partition coefficient (Wildman–Crippen LogP) is 2.86. The lowest BCUT2D eigenvalue weighted by Gasteiger charge is -2.26. The van der Waals surface area contributed by atoms with Crippen LogP contribution in [0.3, 0.4) is 0 Å². The Labute approximate surface area is 90.7 Å². The third-order valence-corrected chi connectivity index (χ3v) is 3.61. The van der Waals surface area contributed by atoms with E-state index in [4.69, 9.17) is 0 Å². The Kier molecular flexibility index (Phi) is 2.10. The van der Waals surface area contributed by atoms with E-state index in [0.717, 1.165) is 11.3 Å². The third-order valence-electron chi connectivity index (χ3n) is 3.61. The van der Waals surface area contributed by atoms with E-state index in [1.807, 2.05) is 19.1 Å². The number of anilines is 1. The van der Waals surface area contributed by atoms with E-state index in [1.165, 1.54) is 5.56 Å². The number of hydrogen-bond donors (Lipinski definition) is 1. The van der Waals surface area contributed by atoms with Crippen LogP contribution in [0, 0.1) is 12.8 Å². The van der Waals surface area contributed by atoms with Gasteiger partial charge < -0.3 is 5.32 Å². The minimum Gasteiger partial charge on any atom is -0.325 e.